The van der Waals surface area contributed by atoms with E-state index in [0.29, 0.717) is 13.8 Å². The van der Waals surface area contributed by atoms with E-state index < -0.39 is 28.9 Å². The van der Waals surface area contributed by atoms with E-state index in [1.165, 1.54) is 0 Å². The molecule has 0 rings (SSSR count). The molecule has 0 heterocycles. The minimum Gasteiger partial charge on any atom is -0.245 e. The molecule has 1 nitrogen and oxygen atoms in total. The van der Waals surface area contributed by atoms with Crippen LogP contribution in [0.1, 0.15) is 13.8 Å². The molecule has 0 aliphatic rings. The molecular formula is C7H7BrF8O. The molecule has 0 saturated carbocycles. The Morgan fingerprint density at radius 2 is 1.18 bits per heavy atom. The fourth-order valence-corrected chi connectivity index (χ4v) is 0.704. The van der Waals surface area contributed by atoms with Gasteiger partial charge in [-0.05, 0) is 0 Å². The molecule has 0 aromatic rings. The molecule has 0 bridgehead atoms. The van der Waals surface area contributed by atoms with E-state index in [0.717, 1.165) is 15.9 Å². The van der Waals surface area contributed by atoms with E-state index in [-0.39, 0.29) is 0 Å². The molecule has 17 heavy (non-hydrogen) atoms. The molecule has 0 spiro atoms. The number of hydrogen-bond donors (Lipinski definition) is 0. The first-order valence-electron chi connectivity index (χ1n) is 4.05. The fraction of sp³-hybridized carbons (Fsp3) is 1.00. The maximum absolute atomic E-state index is 12.8. The normalized spacial score (nSPS) is 15.5. The zero-order chi connectivity index (χ0) is 14.3. The lowest BCUT2D eigenvalue weighted by Crippen LogP contribution is -2.53. The monoisotopic (exact) mass is 338 g/mol. The van der Waals surface area contributed by atoms with E-state index >= 15 is 0 Å². The lowest BCUT2D eigenvalue weighted by molar-refractivity contribution is -0.459. The lowest BCUT2D eigenvalue weighted by Gasteiger charge is -2.32. The van der Waals surface area contributed by atoms with Gasteiger partial charge in [0.05, 0.1) is 0 Å². The summed E-state index contributed by atoms with van der Waals surface area (Å²) in [6, 6.07) is 0. The third-order valence-corrected chi connectivity index (χ3v) is 2.16. The quantitative estimate of drug-likeness (QED) is 0.531. The largest absolute Gasteiger partial charge is 0.434 e. The molecule has 0 fully saturated rings. The van der Waals surface area contributed by atoms with Crippen LogP contribution in [0.2, 0.25) is 0 Å². The molecule has 0 aromatic heterocycles. The summed E-state index contributed by atoms with van der Waals surface area (Å²) in [6.07, 6.45) is -11.5. The minimum absolute atomic E-state index is 0.599. The van der Waals surface area contributed by atoms with Crippen molar-refractivity contribution in [2.45, 2.75) is 36.8 Å². The van der Waals surface area contributed by atoms with Gasteiger partial charge in [0.15, 0.2) is 0 Å². The van der Waals surface area contributed by atoms with Crippen molar-refractivity contribution in [3.8, 4) is 0 Å². The van der Waals surface area contributed by atoms with Crippen molar-refractivity contribution in [1.82, 2.24) is 0 Å². The van der Waals surface area contributed by atoms with Gasteiger partial charge in [-0.25, -0.2) is 4.74 Å². The summed E-state index contributed by atoms with van der Waals surface area (Å²) in [5.74, 6) is -7.11. The maximum atomic E-state index is 12.8. The minimum atomic E-state index is -5.78. The molecule has 0 aliphatic heterocycles. The number of rotatable bonds is 5. The van der Waals surface area contributed by atoms with Crippen molar-refractivity contribution in [1.29, 1.82) is 0 Å². The molecule has 10 heteroatoms. The SMILES string of the molecule is CC(C)C(F)(F)C(F)(F)OC(F)(F)C(F)(F)Br. The predicted octanol–water partition coefficient (Wildman–Crippen LogP) is 4.47. The van der Waals surface area contributed by atoms with Crippen molar-refractivity contribution in [2.75, 3.05) is 0 Å². The maximum Gasteiger partial charge on any atom is 0.434 e. The van der Waals surface area contributed by atoms with Crippen LogP contribution in [0, 0.1) is 5.92 Å². The highest BCUT2D eigenvalue weighted by molar-refractivity contribution is 9.10. The summed E-state index contributed by atoms with van der Waals surface area (Å²) in [6.45, 7) is 1.20. The van der Waals surface area contributed by atoms with Crippen molar-refractivity contribution < 1.29 is 39.9 Å². The van der Waals surface area contributed by atoms with Gasteiger partial charge in [-0.15, -0.1) is 0 Å². The van der Waals surface area contributed by atoms with Crippen LogP contribution >= 0.6 is 15.9 Å². The van der Waals surface area contributed by atoms with E-state index in [9.17, 15) is 35.1 Å². The van der Waals surface area contributed by atoms with Gasteiger partial charge in [-0.2, -0.15) is 35.1 Å². The zero-order valence-corrected chi connectivity index (χ0v) is 9.97. The molecule has 104 valence electrons. The van der Waals surface area contributed by atoms with Crippen LogP contribution in [0.5, 0.6) is 0 Å². The summed E-state index contributed by atoms with van der Waals surface area (Å²) in [4.78, 5) is -5.20. The van der Waals surface area contributed by atoms with Gasteiger partial charge in [-0.1, -0.05) is 13.8 Å². The standard InChI is InChI=1S/C7H7BrF8O/c1-3(2)4(9,10)6(13,14)17-7(15,16)5(8,11)12/h3H,1-2H3. The summed E-state index contributed by atoms with van der Waals surface area (Å²) in [7, 11) is 0. The molecule has 0 atom stereocenters. The molecule has 0 aromatic carbocycles. The van der Waals surface area contributed by atoms with Crippen molar-refractivity contribution in [3.05, 3.63) is 0 Å². The number of ether oxygens (including phenoxy) is 1. The van der Waals surface area contributed by atoms with Gasteiger partial charge in [0.1, 0.15) is 0 Å². The van der Waals surface area contributed by atoms with Crippen LogP contribution in [0.15, 0.2) is 0 Å². The molecule has 0 aliphatic carbocycles. The van der Waals surface area contributed by atoms with Crippen LogP contribution in [-0.4, -0.2) is 23.0 Å². The average Bonchev–Trinajstić information content (AvgIpc) is 1.98. The summed E-state index contributed by atoms with van der Waals surface area (Å²) in [5.41, 5.74) is 0. The molecule has 0 unspecified atom stereocenters. The van der Waals surface area contributed by atoms with Gasteiger partial charge in [0, 0.05) is 21.8 Å². The summed E-state index contributed by atoms with van der Waals surface area (Å²) >= 11 is 1.07. The van der Waals surface area contributed by atoms with Gasteiger partial charge >= 0.3 is 23.0 Å². The topological polar surface area (TPSA) is 9.23 Å². The van der Waals surface area contributed by atoms with Crippen LogP contribution in [0.3, 0.4) is 0 Å². The second-order valence-electron chi connectivity index (χ2n) is 3.41. The van der Waals surface area contributed by atoms with Crippen molar-refractivity contribution in [3.63, 3.8) is 0 Å². The molecular weight excluding hydrogens is 332 g/mol. The van der Waals surface area contributed by atoms with Crippen LogP contribution in [0.25, 0.3) is 0 Å². The van der Waals surface area contributed by atoms with Crippen LogP contribution < -0.4 is 0 Å². The average molecular weight is 339 g/mol. The number of halogens is 9. The molecule has 0 N–H and O–H groups in total. The highest BCUT2D eigenvalue weighted by Crippen LogP contribution is 2.49. The Labute approximate surface area is 99.2 Å². The molecule has 0 amide bonds. The molecule has 0 saturated heterocycles. The first kappa shape index (κ1) is 16.9. The number of alkyl halides is 9. The highest BCUT2D eigenvalue weighted by Gasteiger charge is 2.69. The molecule has 0 radical (unpaired) electrons. The summed E-state index contributed by atoms with van der Waals surface area (Å²) < 4.78 is 102. The van der Waals surface area contributed by atoms with E-state index in [1.807, 2.05) is 0 Å². The predicted molar refractivity (Wildman–Crippen MR) is 44.6 cm³/mol. The van der Waals surface area contributed by atoms with Gasteiger partial charge < -0.3 is 0 Å². The lowest BCUT2D eigenvalue weighted by atomic mass is 10.1. The van der Waals surface area contributed by atoms with Crippen molar-refractivity contribution in [2.24, 2.45) is 5.92 Å². The van der Waals surface area contributed by atoms with Gasteiger partial charge in [0.25, 0.3) is 0 Å². The second-order valence-corrected chi connectivity index (χ2v) is 4.41. The first-order chi connectivity index (χ1) is 7.15. The summed E-state index contributed by atoms with van der Waals surface area (Å²) in [5, 5.41) is 0. The Balaban J connectivity index is 5.14. The Kier molecular flexibility index (Phi) is 4.49. The Morgan fingerprint density at radius 1 is 0.824 bits per heavy atom. The zero-order valence-electron chi connectivity index (χ0n) is 8.39. The smallest absolute Gasteiger partial charge is 0.245 e. The second kappa shape index (κ2) is 4.52. The third kappa shape index (κ3) is 3.43. The number of hydrogen-bond acceptors (Lipinski definition) is 1. The van der Waals surface area contributed by atoms with Gasteiger partial charge in [0.2, 0.25) is 0 Å². The first-order valence-corrected chi connectivity index (χ1v) is 4.85. The Morgan fingerprint density at radius 3 is 1.41 bits per heavy atom. The van der Waals surface area contributed by atoms with E-state index in [2.05, 4.69) is 4.74 Å². The van der Waals surface area contributed by atoms with E-state index in [1.54, 1.807) is 0 Å². The van der Waals surface area contributed by atoms with Crippen LogP contribution in [0.4, 0.5) is 35.1 Å². The van der Waals surface area contributed by atoms with Gasteiger partial charge in [-0.3, -0.25) is 0 Å². The Bertz CT molecular complexity index is 272. The van der Waals surface area contributed by atoms with E-state index in [4.69, 9.17) is 0 Å². The van der Waals surface area contributed by atoms with Crippen molar-refractivity contribution >= 4 is 15.9 Å². The fourth-order valence-electron chi connectivity index (χ4n) is 0.623. The Hall–Kier alpha value is -0.120. The third-order valence-electron chi connectivity index (χ3n) is 1.70. The van der Waals surface area contributed by atoms with Crippen LogP contribution in [-0.2, 0) is 4.74 Å². The highest BCUT2D eigenvalue weighted by atomic mass is 79.9.